The van der Waals surface area contributed by atoms with E-state index >= 15 is 0 Å². The van der Waals surface area contributed by atoms with Crippen molar-refractivity contribution < 1.29 is 28.6 Å². The van der Waals surface area contributed by atoms with Gasteiger partial charge in [0, 0.05) is 18.7 Å². The lowest BCUT2D eigenvalue weighted by Crippen LogP contribution is -2.57. The van der Waals surface area contributed by atoms with Gasteiger partial charge in [0.1, 0.15) is 6.04 Å². The molecule has 36 heavy (non-hydrogen) atoms. The number of hydrogen-bond donors (Lipinski definition) is 1. The maximum Gasteiger partial charge on any atom is 0.308 e. The maximum absolute atomic E-state index is 13.8. The minimum absolute atomic E-state index is 0.200. The predicted molar refractivity (Wildman–Crippen MR) is 136 cm³/mol. The van der Waals surface area contributed by atoms with Gasteiger partial charge in [-0.05, 0) is 60.0 Å². The predicted octanol–water partition coefficient (Wildman–Crippen LogP) is 3.73. The van der Waals surface area contributed by atoms with Crippen molar-refractivity contribution in [3.63, 3.8) is 0 Å². The van der Waals surface area contributed by atoms with Crippen LogP contribution in [0.5, 0.6) is 11.5 Å². The molecule has 0 aromatic heterocycles. The smallest absolute Gasteiger partial charge is 0.308 e. The largest absolute Gasteiger partial charge is 0.493 e. The molecular formula is C28H30N2O6. The fourth-order valence-electron chi connectivity index (χ4n) is 4.49. The summed E-state index contributed by atoms with van der Waals surface area (Å²) in [5.74, 6) is -0.0903. The third-order valence-corrected chi connectivity index (χ3v) is 6.32. The van der Waals surface area contributed by atoms with Crippen LogP contribution in [-0.2, 0) is 14.3 Å². The molecule has 3 aromatic carbocycles. The van der Waals surface area contributed by atoms with E-state index in [-0.39, 0.29) is 24.8 Å². The van der Waals surface area contributed by atoms with Gasteiger partial charge in [-0.3, -0.25) is 14.4 Å². The lowest BCUT2D eigenvalue weighted by Gasteiger charge is -2.34. The number of methoxy groups -OCH3 is 2. The summed E-state index contributed by atoms with van der Waals surface area (Å²) >= 11 is 0. The number of piperazine rings is 1. The summed E-state index contributed by atoms with van der Waals surface area (Å²) in [5.41, 5.74) is 3.32. The van der Waals surface area contributed by atoms with Gasteiger partial charge >= 0.3 is 5.97 Å². The molecule has 1 aliphatic rings. The van der Waals surface area contributed by atoms with Crippen molar-refractivity contribution in [2.24, 2.45) is 0 Å². The Morgan fingerprint density at radius 1 is 1.03 bits per heavy atom. The number of hydrogen-bond acceptors (Lipinski definition) is 6. The standard InChI is InChI=1S/C28H30N2O6/c1-5-36-26(31)16-23-27(32)29-10-11-30(23)28(33)20-12-19-14-24(34-3)25(35-4)15-22(19)21(13-20)18-8-6-17(2)7-9-18/h6-9,12-15,23H,5,10-11,16H2,1-4H3,(H,29,32)/t23-/m1/s1. The Labute approximate surface area is 210 Å². The van der Waals surface area contributed by atoms with Crippen LogP contribution in [-0.4, -0.2) is 62.6 Å². The summed E-state index contributed by atoms with van der Waals surface area (Å²) in [5, 5.41) is 4.43. The molecule has 1 atom stereocenters. The Morgan fingerprint density at radius 2 is 1.72 bits per heavy atom. The van der Waals surface area contributed by atoms with E-state index < -0.39 is 12.0 Å². The van der Waals surface area contributed by atoms with Crippen LogP contribution in [0.15, 0.2) is 48.5 Å². The van der Waals surface area contributed by atoms with Crippen molar-refractivity contribution in [2.45, 2.75) is 26.3 Å². The number of nitrogens with zero attached hydrogens (tertiary/aromatic N) is 1. The van der Waals surface area contributed by atoms with Gasteiger partial charge in [-0.15, -0.1) is 0 Å². The van der Waals surface area contributed by atoms with E-state index in [2.05, 4.69) is 5.32 Å². The average molecular weight is 491 g/mol. The zero-order chi connectivity index (χ0) is 25.8. The molecule has 1 fully saturated rings. The molecule has 188 valence electrons. The van der Waals surface area contributed by atoms with Gasteiger partial charge in [0.2, 0.25) is 5.91 Å². The Balaban J connectivity index is 1.83. The number of benzene rings is 3. The summed E-state index contributed by atoms with van der Waals surface area (Å²) in [6.07, 6.45) is -0.200. The van der Waals surface area contributed by atoms with E-state index in [0.29, 0.717) is 30.2 Å². The zero-order valence-electron chi connectivity index (χ0n) is 20.9. The van der Waals surface area contributed by atoms with Gasteiger partial charge in [0.05, 0.1) is 27.2 Å². The van der Waals surface area contributed by atoms with Gasteiger partial charge in [-0.25, -0.2) is 0 Å². The van der Waals surface area contributed by atoms with E-state index in [1.165, 1.54) is 4.90 Å². The quantitative estimate of drug-likeness (QED) is 0.508. The number of rotatable bonds is 7. The van der Waals surface area contributed by atoms with Gasteiger partial charge < -0.3 is 24.4 Å². The highest BCUT2D eigenvalue weighted by molar-refractivity contribution is 6.07. The molecule has 1 heterocycles. The molecule has 0 aliphatic carbocycles. The lowest BCUT2D eigenvalue weighted by atomic mass is 9.93. The highest BCUT2D eigenvalue weighted by Gasteiger charge is 2.36. The molecule has 2 amide bonds. The molecule has 3 aromatic rings. The minimum atomic E-state index is -0.936. The highest BCUT2D eigenvalue weighted by Crippen LogP contribution is 2.38. The number of ether oxygens (including phenoxy) is 3. The van der Waals surface area contributed by atoms with Crippen LogP contribution < -0.4 is 14.8 Å². The first kappa shape index (κ1) is 25.0. The van der Waals surface area contributed by atoms with Crippen molar-refractivity contribution in [2.75, 3.05) is 33.9 Å². The van der Waals surface area contributed by atoms with Crippen LogP contribution in [0.1, 0.15) is 29.3 Å². The molecule has 4 rings (SSSR count). The Hall–Kier alpha value is -4.07. The Bertz CT molecular complexity index is 1300. The van der Waals surface area contributed by atoms with Crippen molar-refractivity contribution in [1.29, 1.82) is 0 Å². The molecule has 0 bridgehead atoms. The summed E-state index contributed by atoms with van der Waals surface area (Å²) < 4.78 is 16.1. The highest BCUT2D eigenvalue weighted by atomic mass is 16.5. The monoisotopic (exact) mass is 490 g/mol. The van der Waals surface area contributed by atoms with Gasteiger partial charge in [0.15, 0.2) is 11.5 Å². The maximum atomic E-state index is 13.8. The summed E-state index contributed by atoms with van der Waals surface area (Å²) in [6.45, 7) is 4.52. The number of amides is 2. The molecule has 8 heteroatoms. The molecule has 0 saturated carbocycles. The van der Waals surface area contributed by atoms with E-state index in [4.69, 9.17) is 14.2 Å². The molecule has 8 nitrogen and oxygen atoms in total. The molecule has 0 radical (unpaired) electrons. The number of carbonyl (C=O) groups excluding carboxylic acids is 3. The normalized spacial score (nSPS) is 15.4. The first-order chi connectivity index (χ1) is 17.4. The first-order valence-corrected chi connectivity index (χ1v) is 11.9. The van der Waals surface area contributed by atoms with Gasteiger partial charge in [0.25, 0.3) is 5.91 Å². The van der Waals surface area contributed by atoms with Crippen LogP contribution in [0, 0.1) is 6.92 Å². The van der Waals surface area contributed by atoms with E-state index in [0.717, 1.165) is 27.5 Å². The molecule has 0 unspecified atom stereocenters. The van der Waals surface area contributed by atoms with Crippen LogP contribution in [0.3, 0.4) is 0 Å². The fourth-order valence-corrected chi connectivity index (χ4v) is 4.49. The fraction of sp³-hybridized carbons (Fsp3) is 0.321. The molecule has 0 spiro atoms. The second-order valence-electron chi connectivity index (χ2n) is 8.63. The summed E-state index contributed by atoms with van der Waals surface area (Å²) in [4.78, 5) is 40.0. The van der Waals surface area contributed by atoms with Crippen LogP contribution in [0.4, 0.5) is 0 Å². The molecule has 1 saturated heterocycles. The van der Waals surface area contributed by atoms with E-state index in [9.17, 15) is 14.4 Å². The SMILES string of the molecule is CCOC(=O)C[C@@H]1C(=O)NCCN1C(=O)c1cc(-c2ccc(C)cc2)c2cc(OC)c(OC)cc2c1. The van der Waals surface area contributed by atoms with Crippen molar-refractivity contribution >= 4 is 28.6 Å². The topological polar surface area (TPSA) is 94.2 Å². The van der Waals surface area contributed by atoms with Crippen LogP contribution >= 0.6 is 0 Å². The van der Waals surface area contributed by atoms with Gasteiger partial charge in [-0.2, -0.15) is 0 Å². The van der Waals surface area contributed by atoms with Crippen molar-refractivity contribution in [1.82, 2.24) is 10.2 Å². The summed E-state index contributed by atoms with van der Waals surface area (Å²) in [6, 6.07) is 14.5. The van der Waals surface area contributed by atoms with Gasteiger partial charge in [-0.1, -0.05) is 29.8 Å². The van der Waals surface area contributed by atoms with E-state index in [1.54, 1.807) is 27.2 Å². The molecule has 1 N–H and O–H groups in total. The second-order valence-corrected chi connectivity index (χ2v) is 8.63. The average Bonchev–Trinajstić information content (AvgIpc) is 2.88. The molecule has 1 aliphatic heterocycles. The molecular weight excluding hydrogens is 460 g/mol. The number of carbonyl (C=O) groups is 3. The van der Waals surface area contributed by atoms with E-state index in [1.807, 2.05) is 49.4 Å². The lowest BCUT2D eigenvalue weighted by molar-refractivity contribution is -0.147. The van der Waals surface area contributed by atoms with Crippen molar-refractivity contribution in [3.8, 4) is 22.6 Å². The zero-order valence-corrected chi connectivity index (χ0v) is 20.9. The third kappa shape index (κ3) is 4.98. The number of aryl methyl sites for hydroxylation is 1. The minimum Gasteiger partial charge on any atom is -0.493 e. The van der Waals surface area contributed by atoms with Crippen molar-refractivity contribution in [3.05, 3.63) is 59.7 Å². The Morgan fingerprint density at radius 3 is 2.39 bits per heavy atom. The number of nitrogens with one attached hydrogen (secondary N) is 1. The van der Waals surface area contributed by atoms with Crippen LogP contribution in [0.25, 0.3) is 21.9 Å². The van der Waals surface area contributed by atoms with Crippen LogP contribution in [0.2, 0.25) is 0 Å². The summed E-state index contributed by atoms with van der Waals surface area (Å²) in [7, 11) is 3.14. The Kier molecular flexibility index (Phi) is 7.43. The first-order valence-electron chi connectivity index (χ1n) is 11.9. The number of fused-ring (bicyclic) bond motifs is 1. The number of esters is 1. The second kappa shape index (κ2) is 10.7. The third-order valence-electron chi connectivity index (χ3n) is 6.32.